The van der Waals surface area contributed by atoms with E-state index in [0.29, 0.717) is 0 Å². The lowest BCUT2D eigenvalue weighted by atomic mass is 10.1. The van der Waals surface area contributed by atoms with E-state index in [1.807, 2.05) is 6.92 Å². The zero-order chi connectivity index (χ0) is 9.56. The first kappa shape index (κ1) is 11.2. The molecule has 0 N–H and O–H groups in total. The van der Waals surface area contributed by atoms with Gasteiger partial charge in [0.15, 0.2) is 0 Å². The molecule has 0 aromatic rings. The summed E-state index contributed by atoms with van der Waals surface area (Å²) in [6.07, 6.45) is 5.11. The Kier molecular flexibility index (Phi) is 5.43. The van der Waals surface area contributed by atoms with Gasteiger partial charge in [-0.05, 0) is 19.8 Å². The fourth-order valence-electron chi connectivity index (χ4n) is 0.868. The van der Waals surface area contributed by atoms with Crippen molar-refractivity contribution < 1.29 is 4.79 Å². The van der Waals surface area contributed by atoms with Gasteiger partial charge in [-0.25, -0.2) is 0 Å². The Labute approximate surface area is 75.3 Å². The van der Waals surface area contributed by atoms with E-state index in [9.17, 15) is 4.79 Å². The van der Waals surface area contributed by atoms with Crippen LogP contribution in [0.5, 0.6) is 0 Å². The van der Waals surface area contributed by atoms with Gasteiger partial charge in [0.1, 0.15) is 0 Å². The molecule has 2 heteroatoms. The average molecular weight is 169 g/mol. The predicted molar refractivity (Wildman–Crippen MR) is 52.0 cm³/mol. The molecule has 12 heavy (non-hydrogen) atoms. The van der Waals surface area contributed by atoms with E-state index in [1.54, 1.807) is 25.1 Å². The minimum absolute atomic E-state index is 0.0867. The monoisotopic (exact) mass is 169 g/mol. The van der Waals surface area contributed by atoms with Crippen LogP contribution in [0.2, 0.25) is 0 Å². The Balaban J connectivity index is 3.89. The van der Waals surface area contributed by atoms with Crippen molar-refractivity contribution in [1.29, 1.82) is 0 Å². The maximum Gasteiger partial charge on any atom is 0.245 e. The number of amides is 1. The van der Waals surface area contributed by atoms with Crippen LogP contribution in [0.3, 0.4) is 0 Å². The second kappa shape index (κ2) is 5.81. The summed E-state index contributed by atoms with van der Waals surface area (Å²) in [6, 6.07) is 0. The number of rotatable bonds is 4. The standard InChI is InChI=1S/C10H19NO/c1-5-6-7-9(2)8-10(12)11(3)4/h8H,5-7H2,1-4H3. The topological polar surface area (TPSA) is 20.3 Å². The Morgan fingerprint density at radius 1 is 1.42 bits per heavy atom. The van der Waals surface area contributed by atoms with Gasteiger partial charge in [-0.3, -0.25) is 4.79 Å². The number of hydrogen-bond acceptors (Lipinski definition) is 1. The van der Waals surface area contributed by atoms with Crippen molar-refractivity contribution in [2.24, 2.45) is 0 Å². The van der Waals surface area contributed by atoms with Crippen LogP contribution < -0.4 is 0 Å². The fraction of sp³-hybridized carbons (Fsp3) is 0.700. The summed E-state index contributed by atoms with van der Waals surface area (Å²) < 4.78 is 0. The molecule has 2 nitrogen and oxygen atoms in total. The molecule has 0 aliphatic carbocycles. The molecule has 0 aliphatic rings. The third-order valence-electron chi connectivity index (χ3n) is 1.74. The van der Waals surface area contributed by atoms with E-state index in [1.165, 1.54) is 18.4 Å². The van der Waals surface area contributed by atoms with Gasteiger partial charge in [-0.15, -0.1) is 0 Å². The Morgan fingerprint density at radius 2 is 2.00 bits per heavy atom. The number of nitrogens with zero attached hydrogens (tertiary/aromatic N) is 1. The first-order valence-corrected chi connectivity index (χ1v) is 4.46. The highest BCUT2D eigenvalue weighted by Gasteiger charge is 1.99. The molecule has 0 aromatic heterocycles. The SMILES string of the molecule is CCCCC(C)=CC(=O)N(C)C. The van der Waals surface area contributed by atoms with Gasteiger partial charge in [0.05, 0.1) is 0 Å². The number of carbonyl (C=O) groups excluding carboxylic acids is 1. The number of unbranched alkanes of at least 4 members (excludes halogenated alkanes) is 1. The van der Waals surface area contributed by atoms with E-state index in [0.717, 1.165) is 6.42 Å². The largest absolute Gasteiger partial charge is 0.345 e. The zero-order valence-corrected chi connectivity index (χ0v) is 8.55. The number of allylic oxidation sites excluding steroid dienone is 1. The molecule has 0 aliphatic heterocycles. The van der Waals surface area contributed by atoms with Crippen LogP contribution in [0.15, 0.2) is 11.6 Å². The number of likely N-dealkylation sites (N-methyl/N-ethyl adjacent to an activating group) is 1. The molecule has 0 aromatic carbocycles. The Bertz CT molecular complexity index is 171. The molecule has 1 amide bonds. The number of carbonyl (C=O) groups is 1. The summed E-state index contributed by atoms with van der Waals surface area (Å²) in [6.45, 7) is 4.16. The minimum atomic E-state index is 0.0867. The fourth-order valence-corrected chi connectivity index (χ4v) is 0.868. The lowest BCUT2D eigenvalue weighted by Gasteiger charge is -2.07. The molecule has 0 heterocycles. The summed E-state index contributed by atoms with van der Waals surface area (Å²) in [5.74, 6) is 0.0867. The van der Waals surface area contributed by atoms with Crippen molar-refractivity contribution in [3.8, 4) is 0 Å². The number of hydrogen-bond donors (Lipinski definition) is 0. The van der Waals surface area contributed by atoms with E-state index in [-0.39, 0.29) is 5.91 Å². The Morgan fingerprint density at radius 3 is 2.42 bits per heavy atom. The molecule has 0 saturated heterocycles. The quantitative estimate of drug-likeness (QED) is 0.591. The van der Waals surface area contributed by atoms with Crippen molar-refractivity contribution in [2.45, 2.75) is 33.1 Å². The van der Waals surface area contributed by atoms with Crippen LogP contribution in [0.4, 0.5) is 0 Å². The first-order chi connectivity index (χ1) is 5.57. The van der Waals surface area contributed by atoms with Crippen molar-refractivity contribution in [3.63, 3.8) is 0 Å². The zero-order valence-electron chi connectivity index (χ0n) is 8.55. The molecule has 0 spiro atoms. The van der Waals surface area contributed by atoms with Gasteiger partial charge in [0, 0.05) is 20.2 Å². The lowest BCUT2D eigenvalue weighted by Crippen LogP contribution is -2.19. The molecule has 0 unspecified atom stereocenters. The van der Waals surface area contributed by atoms with Gasteiger partial charge in [0.25, 0.3) is 0 Å². The summed E-state index contributed by atoms with van der Waals surface area (Å²) in [4.78, 5) is 12.8. The van der Waals surface area contributed by atoms with Crippen LogP contribution in [-0.2, 0) is 4.79 Å². The van der Waals surface area contributed by atoms with Crippen molar-refractivity contribution >= 4 is 5.91 Å². The highest BCUT2D eigenvalue weighted by atomic mass is 16.2. The minimum Gasteiger partial charge on any atom is -0.345 e. The molecule has 0 rings (SSSR count). The van der Waals surface area contributed by atoms with Crippen molar-refractivity contribution in [1.82, 2.24) is 4.90 Å². The molecule has 0 bridgehead atoms. The molecular weight excluding hydrogens is 150 g/mol. The van der Waals surface area contributed by atoms with Gasteiger partial charge >= 0.3 is 0 Å². The third kappa shape index (κ3) is 4.94. The van der Waals surface area contributed by atoms with Gasteiger partial charge in [-0.2, -0.15) is 0 Å². The molecule has 0 fully saturated rings. The molecule has 70 valence electrons. The van der Waals surface area contributed by atoms with Crippen LogP contribution in [0, 0.1) is 0 Å². The second-order valence-electron chi connectivity index (χ2n) is 3.33. The lowest BCUT2D eigenvalue weighted by molar-refractivity contribution is -0.123. The molecule has 0 radical (unpaired) electrons. The van der Waals surface area contributed by atoms with Crippen molar-refractivity contribution in [2.75, 3.05) is 14.1 Å². The van der Waals surface area contributed by atoms with E-state index < -0.39 is 0 Å². The average Bonchev–Trinajstić information content (AvgIpc) is 2.00. The molecule has 0 atom stereocenters. The van der Waals surface area contributed by atoms with E-state index >= 15 is 0 Å². The predicted octanol–water partition coefficient (Wildman–Crippen LogP) is 2.21. The Hall–Kier alpha value is -0.790. The normalized spacial score (nSPS) is 11.5. The smallest absolute Gasteiger partial charge is 0.245 e. The highest BCUT2D eigenvalue weighted by molar-refractivity contribution is 5.87. The van der Waals surface area contributed by atoms with Gasteiger partial charge < -0.3 is 4.90 Å². The van der Waals surface area contributed by atoms with Crippen LogP contribution in [-0.4, -0.2) is 24.9 Å². The summed E-state index contributed by atoms with van der Waals surface area (Å²) in [5.41, 5.74) is 1.18. The summed E-state index contributed by atoms with van der Waals surface area (Å²) in [5, 5.41) is 0. The maximum atomic E-state index is 11.2. The second-order valence-corrected chi connectivity index (χ2v) is 3.33. The first-order valence-electron chi connectivity index (χ1n) is 4.46. The highest BCUT2D eigenvalue weighted by Crippen LogP contribution is 2.05. The third-order valence-corrected chi connectivity index (χ3v) is 1.74. The van der Waals surface area contributed by atoms with Crippen LogP contribution >= 0.6 is 0 Å². The van der Waals surface area contributed by atoms with Gasteiger partial charge in [-0.1, -0.05) is 18.9 Å². The van der Waals surface area contributed by atoms with Crippen LogP contribution in [0.1, 0.15) is 33.1 Å². The van der Waals surface area contributed by atoms with Gasteiger partial charge in [0.2, 0.25) is 5.91 Å². The molecule has 0 saturated carbocycles. The van der Waals surface area contributed by atoms with Crippen LogP contribution in [0.25, 0.3) is 0 Å². The maximum absolute atomic E-state index is 11.2. The molecular formula is C10H19NO. The van der Waals surface area contributed by atoms with E-state index in [4.69, 9.17) is 0 Å². The summed E-state index contributed by atoms with van der Waals surface area (Å²) in [7, 11) is 3.54. The summed E-state index contributed by atoms with van der Waals surface area (Å²) >= 11 is 0. The van der Waals surface area contributed by atoms with Crippen molar-refractivity contribution in [3.05, 3.63) is 11.6 Å². The van der Waals surface area contributed by atoms with E-state index in [2.05, 4.69) is 6.92 Å².